The first-order valence-electron chi connectivity index (χ1n) is 12.6. The summed E-state index contributed by atoms with van der Waals surface area (Å²) >= 11 is 0. The number of carbonyl (C=O) groups excluding carboxylic acids is 1. The Morgan fingerprint density at radius 1 is 0.816 bits per heavy atom. The highest BCUT2D eigenvalue weighted by Gasteiger charge is 2.50. The average Bonchev–Trinajstić information content (AvgIpc) is 3.01. The van der Waals surface area contributed by atoms with Crippen LogP contribution in [0.3, 0.4) is 0 Å². The van der Waals surface area contributed by atoms with Crippen LogP contribution in [0.1, 0.15) is 55.6 Å². The molecule has 0 spiro atoms. The molecule has 0 amide bonds. The van der Waals surface area contributed by atoms with Gasteiger partial charge in [0.05, 0.1) is 16.8 Å². The summed E-state index contributed by atoms with van der Waals surface area (Å²) in [6.07, 6.45) is 5.36. The van der Waals surface area contributed by atoms with Crippen LogP contribution in [0.5, 0.6) is 0 Å². The highest BCUT2D eigenvalue weighted by molar-refractivity contribution is 6.14. The van der Waals surface area contributed by atoms with Crippen LogP contribution >= 0.6 is 0 Å². The van der Waals surface area contributed by atoms with Crippen LogP contribution in [-0.4, -0.2) is 33.8 Å². The van der Waals surface area contributed by atoms with E-state index < -0.39 is 11.1 Å². The molecule has 0 N–H and O–H groups in total. The van der Waals surface area contributed by atoms with Gasteiger partial charge in [-0.1, -0.05) is 24.3 Å². The zero-order valence-corrected chi connectivity index (χ0v) is 22.0. The average molecular weight is 515 g/mol. The van der Waals surface area contributed by atoms with Crippen LogP contribution in [0.15, 0.2) is 71.9 Å². The SMILES string of the molecule is CC1(C)c2cnc(CN3C/C(=C\c4ccc(F)cc4)C(=O)/C(=C/c4ccc(F)cc4)C3)cc2C(C)(C)N1[O]. The molecule has 0 saturated carbocycles. The number of piperidine rings is 1. The van der Waals surface area contributed by atoms with Gasteiger partial charge >= 0.3 is 0 Å². The highest BCUT2D eigenvalue weighted by atomic mass is 19.1. The van der Waals surface area contributed by atoms with Crippen LogP contribution < -0.4 is 0 Å². The first-order chi connectivity index (χ1) is 17.9. The fourth-order valence-electron chi connectivity index (χ4n) is 5.47. The van der Waals surface area contributed by atoms with E-state index in [1.807, 2.05) is 33.8 Å². The maximum Gasteiger partial charge on any atom is 0.187 e. The van der Waals surface area contributed by atoms with Gasteiger partial charge in [0.2, 0.25) is 0 Å². The van der Waals surface area contributed by atoms with E-state index in [4.69, 9.17) is 0 Å². The number of hydrogen-bond acceptors (Lipinski definition) is 4. The molecule has 195 valence electrons. The molecule has 0 aliphatic carbocycles. The summed E-state index contributed by atoms with van der Waals surface area (Å²) in [6.45, 7) is 8.90. The largest absolute Gasteiger partial charge is 0.289 e. The Morgan fingerprint density at radius 2 is 1.29 bits per heavy atom. The molecule has 0 unspecified atom stereocenters. The van der Waals surface area contributed by atoms with Crippen LogP contribution in [0, 0.1) is 11.6 Å². The van der Waals surface area contributed by atoms with Crippen LogP contribution in [0.25, 0.3) is 12.2 Å². The van der Waals surface area contributed by atoms with Crippen molar-refractivity contribution in [2.45, 2.75) is 45.3 Å². The second kappa shape index (κ2) is 9.66. The van der Waals surface area contributed by atoms with Crippen molar-refractivity contribution in [3.05, 3.63) is 112 Å². The third kappa shape index (κ3) is 4.85. The van der Waals surface area contributed by atoms with Gasteiger partial charge in [-0.3, -0.25) is 14.7 Å². The van der Waals surface area contributed by atoms with Gasteiger partial charge in [0.1, 0.15) is 11.6 Å². The van der Waals surface area contributed by atoms with E-state index in [0.717, 1.165) is 33.0 Å². The predicted octanol–water partition coefficient (Wildman–Crippen LogP) is 6.04. The monoisotopic (exact) mass is 514 g/mol. The number of hydrogen-bond donors (Lipinski definition) is 0. The van der Waals surface area contributed by atoms with Gasteiger partial charge in [0, 0.05) is 37.0 Å². The van der Waals surface area contributed by atoms with Crippen molar-refractivity contribution in [3.8, 4) is 0 Å². The normalized spacial score (nSPS) is 21.3. The summed E-state index contributed by atoms with van der Waals surface area (Å²) in [5.74, 6) is -0.779. The lowest BCUT2D eigenvalue weighted by Gasteiger charge is -2.32. The molecule has 5 nitrogen and oxygen atoms in total. The molecule has 2 aromatic carbocycles. The molecule has 1 aromatic heterocycles. The highest BCUT2D eigenvalue weighted by Crippen LogP contribution is 2.48. The molecular weight excluding hydrogens is 484 g/mol. The Hall–Kier alpha value is -3.52. The molecule has 2 aliphatic rings. The Balaban J connectivity index is 1.49. The Kier molecular flexibility index (Phi) is 6.63. The van der Waals surface area contributed by atoms with Crippen LogP contribution in [0.2, 0.25) is 0 Å². The second-order valence-corrected chi connectivity index (χ2v) is 11.1. The summed E-state index contributed by atoms with van der Waals surface area (Å²) in [5.41, 5.74) is 3.94. The number of Topliss-reactive ketones (excluding diaryl/α,β-unsaturated/α-hetero) is 1. The molecule has 38 heavy (non-hydrogen) atoms. The minimum atomic E-state index is -0.685. The Labute approximate surface area is 221 Å². The topological polar surface area (TPSA) is 56.3 Å². The number of likely N-dealkylation sites (tertiary alicyclic amines) is 1. The van der Waals surface area contributed by atoms with E-state index >= 15 is 0 Å². The van der Waals surface area contributed by atoms with Crippen molar-refractivity contribution in [2.24, 2.45) is 0 Å². The van der Waals surface area contributed by atoms with Crippen LogP contribution in [0.4, 0.5) is 8.78 Å². The lowest BCUT2D eigenvalue weighted by molar-refractivity contribution is -0.266. The number of nitrogens with zero attached hydrogens (tertiary/aromatic N) is 3. The first-order valence-corrected chi connectivity index (χ1v) is 12.6. The van der Waals surface area contributed by atoms with Crippen molar-refractivity contribution in [1.29, 1.82) is 0 Å². The molecule has 3 aromatic rings. The number of fused-ring (bicyclic) bond motifs is 1. The zero-order chi connectivity index (χ0) is 27.2. The lowest BCUT2D eigenvalue weighted by atomic mass is 9.91. The number of halogens is 2. The third-order valence-electron chi connectivity index (χ3n) is 7.47. The summed E-state index contributed by atoms with van der Waals surface area (Å²) in [6, 6.07) is 14.0. The Morgan fingerprint density at radius 3 is 1.79 bits per heavy atom. The smallest absolute Gasteiger partial charge is 0.187 e. The molecule has 1 radical (unpaired) electrons. The molecule has 0 atom stereocenters. The number of rotatable bonds is 4. The number of pyridine rings is 1. The van der Waals surface area contributed by atoms with Gasteiger partial charge in [-0.2, -0.15) is 0 Å². The summed E-state index contributed by atoms with van der Waals surface area (Å²) < 4.78 is 26.9. The van der Waals surface area contributed by atoms with Crippen molar-refractivity contribution < 1.29 is 18.8 Å². The number of hydroxylamine groups is 2. The molecular formula is C31H30F2N3O2. The number of carbonyl (C=O) groups is 1. The maximum absolute atomic E-state index is 13.4. The summed E-state index contributed by atoms with van der Waals surface area (Å²) in [4.78, 5) is 20.2. The van der Waals surface area contributed by atoms with E-state index in [0.29, 0.717) is 30.8 Å². The molecule has 5 rings (SSSR count). The lowest BCUT2D eigenvalue weighted by Crippen LogP contribution is -2.41. The molecule has 1 saturated heterocycles. The van der Waals surface area contributed by atoms with Gasteiger partial charge in [-0.05, 0) is 92.4 Å². The van der Waals surface area contributed by atoms with Crippen molar-refractivity contribution in [1.82, 2.24) is 14.9 Å². The summed E-state index contributed by atoms with van der Waals surface area (Å²) in [7, 11) is 0. The van der Waals surface area contributed by atoms with Gasteiger partial charge in [-0.25, -0.2) is 8.78 Å². The van der Waals surface area contributed by atoms with E-state index in [9.17, 15) is 18.8 Å². The summed E-state index contributed by atoms with van der Waals surface area (Å²) in [5, 5.41) is 14.1. The minimum Gasteiger partial charge on any atom is -0.289 e. The second-order valence-electron chi connectivity index (χ2n) is 11.1. The molecule has 3 heterocycles. The number of benzene rings is 2. The standard InChI is InChI=1S/C31H30F2N3O2/c1-30(2)27-15-26(34-16-28(27)31(3,4)36(30)38)19-35-17-22(13-20-5-9-24(32)10-6-20)29(37)23(18-35)14-21-7-11-25(33)12-8-21/h5-16H,17-19H2,1-4H3/b22-13+,23-14+. The van der Waals surface area contributed by atoms with Crippen molar-refractivity contribution in [2.75, 3.05) is 13.1 Å². The van der Waals surface area contributed by atoms with E-state index in [1.165, 1.54) is 24.3 Å². The first kappa shape index (κ1) is 26.1. The Bertz CT molecular complexity index is 1370. The molecule has 1 fully saturated rings. The molecule has 7 heteroatoms. The van der Waals surface area contributed by atoms with Crippen molar-refractivity contribution >= 4 is 17.9 Å². The quantitative estimate of drug-likeness (QED) is 0.398. The van der Waals surface area contributed by atoms with Gasteiger partial charge in [0.15, 0.2) is 5.78 Å². The fraction of sp³-hybridized carbons (Fsp3) is 0.290. The number of aromatic nitrogens is 1. The third-order valence-corrected chi connectivity index (χ3v) is 7.47. The zero-order valence-electron chi connectivity index (χ0n) is 22.0. The van der Waals surface area contributed by atoms with Gasteiger partial charge < -0.3 is 0 Å². The van der Waals surface area contributed by atoms with E-state index in [1.54, 1.807) is 42.6 Å². The van der Waals surface area contributed by atoms with E-state index in [2.05, 4.69) is 9.88 Å². The minimum absolute atomic E-state index is 0.0957. The fourth-order valence-corrected chi connectivity index (χ4v) is 5.47. The predicted molar refractivity (Wildman–Crippen MR) is 142 cm³/mol. The van der Waals surface area contributed by atoms with Gasteiger partial charge in [0.25, 0.3) is 0 Å². The van der Waals surface area contributed by atoms with E-state index in [-0.39, 0.29) is 17.4 Å². The van der Waals surface area contributed by atoms with Gasteiger partial charge in [-0.15, -0.1) is 10.3 Å². The molecule has 0 bridgehead atoms. The van der Waals surface area contributed by atoms with Crippen LogP contribution in [-0.2, 0) is 27.6 Å². The molecule has 2 aliphatic heterocycles. The number of ketones is 1. The van der Waals surface area contributed by atoms with Crippen molar-refractivity contribution in [3.63, 3.8) is 0 Å². The maximum atomic E-state index is 13.4.